The van der Waals surface area contributed by atoms with E-state index in [1.807, 2.05) is 0 Å². The zero-order valence-corrected chi connectivity index (χ0v) is 12.5. The van der Waals surface area contributed by atoms with E-state index in [0.29, 0.717) is 6.04 Å². The molecule has 20 heavy (non-hydrogen) atoms. The second kappa shape index (κ2) is 5.64. The fourth-order valence-corrected chi connectivity index (χ4v) is 4.90. The first-order valence-corrected chi connectivity index (χ1v) is 8.45. The lowest BCUT2D eigenvalue weighted by molar-refractivity contribution is -0.125. The van der Waals surface area contributed by atoms with E-state index in [4.69, 9.17) is 11.5 Å². The van der Waals surface area contributed by atoms with Crippen LogP contribution in [-0.4, -0.2) is 35.0 Å². The number of rotatable bonds is 2. The SMILES string of the molecule is NC(=O)C1(N)CCCC(N2CCCC3CCCCC32)C1. The molecule has 0 aromatic rings. The topological polar surface area (TPSA) is 72.3 Å². The van der Waals surface area contributed by atoms with Crippen molar-refractivity contribution >= 4 is 5.91 Å². The van der Waals surface area contributed by atoms with Crippen LogP contribution in [0.4, 0.5) is 0 Å². The Kier molecular flexibility index (Phi) is 4.04. The van der Waals surface area contributed by atoms with Crippen LogP contribution < -0.4 is 11.5 Å². The van der Waals surface area contributed by atoms with Gasteiger partial charge in [0.2, 0.25) is 5.91 Å². The number of carbonyl (C=O) groups excluding carboxylic acids is 1. The van der Waals surface area contributed by atoms with Crippen molar-refractivity contribution in [1.29, 1.82) is 0 Å². The van der Waals surface area contributed by atoms with Crippen LogP contribution in [0.2, 0.25) is 0 Å². The summed E-state index contributed by atoms with van der Waals surface area (Å²) in [4.78, 5) is 14.4. The van der Waals surface area contributed by atoms with Crippen LogP contribution in [0.15, 0.2) is 0 Å². The molecule has 4 heteroatoms. The van der Waals surface area contributed by atoms with Crippen molar-refractivity contribution in [3.63, 3.8) is 0 Å². The van der Waals surface area contributed by atoms with Crippen LogP contribution >= 0.6 is 0 Å². The number of likely N-dealkylation sites (tertiary alicyclic amines) is 1. The number of amides is 1. The molecule has 3 fully saturated rings. The number of carbonyl (C=O) groups is 1. The molecule has 1 heterocycles. The molecule has 0 aromatic carbocycles. The molecule has 1 aliphatic heterocycles. The summed E-state index contributed by atoms with van der Waals surface area (Å²) < 4.78 is 0. The normalized spacial score (nSPS) is 43.0. The highest BCUT2D eigenvalue weighted by molar-refractivity contribution is 5.84. The van der Waals surface area contributed by atoms with E-state index in [1.54, 1.807) is 0 Å². The molecular weight excluding hydrogens is 250 g/mol. The molecule has 0 radical (unpaired) electrons. The minimum Gasteiger partial charge on any atom is -0.368 e. The summed E-state index contributed by atoms with van der Waals surface area (Å²) in [5, 5.41) is 0. The van der Waals surface area contributed by atoms with E-state index >= 15 is 0 Å². The minimum absolute atomic E-state index is 0.306. The van der Waals surface area contributed by atoms with Crippen LogP contribution in [0.1, 0.15) is 64.2 Å². The maximum absolute atomic E-state index is 11.7. The van der Waals surface area contributed by atoms with E-state index in [1.165, 1.54) is 51.5 Å². The molecule has 0 bridgehead atoms. The third-order valence-corrected chi connectivity index (χ3v) is 6.01. The Balaban J connectivity index is 1.72. The van der Waals surface area contributed by atoms with Crippen LogP contribution in [0.5, 0.6) is 0 Å². The van der Waals surface area contributed by atoms with Crippen molar-refractivity contribution < 1.29 is 4.79 Å². The highest BCUT2D eigenvalue weighted by Crippen LogP contribution is 2.39. The Morgan fingerprint density at radius 1 is 1.05 bits per heavy atom. The minimum atomic E-state index is -0.759. The molecule has 1 saturated heterocycles. The van der Waals surface area contributed by atoms with Crippen molar-refractivity contribution in [3.05, 3.63) is 0 Å². The second-order valence-corrected chi connectivity index (χ2v) is 7.26. The lowest BCUT2D eigenvalue weighted by Crippen LogP contribution is -2.61. The summed E-state index contributed by atoms with van der Waals surface area (Å²) in [7, 11) is 0. The molecule has 1 amide bonds. The first-order chi connectivity index (χ1) is 9.60. The van der Waals surface area contributed by atoms with Crippen LogP contribution in [0.3, 0.4) is 0 Å². The zero-order valence-electron chi connectivity index (χ0n) is 12.5. The van der Waals surface area contributed by atoms with Crippen LogP contribution in [-0.2, 0) is 4.79 Å². The van der Waals surface area contributed by atoms with Gasteiger partial charge < -0.3 is 11.5 Å². The highest BCUT2D eigenvalue weighted by Gasteiger charge is 2.43. The second-order valence-electron chi connectivity index (χ2n) is 7.26. The van der Waals surface area contributed by atoms with Gasteiger partial charge in [-0.2, -0.15) is 0 Å². The molecule has 114 valence electrons. The molecule has 2 saturated carbocycles. The van der Waals surface area contributed by atoms with Crippen molar-refractivity contribution in [1.82, 2.24) is 4.90 Å². The zero-order chi connectivity index (χ0) is 14.2. The van der Waals surface area contributed by atoms with Gasteiger partial charge in [0.1, 0.15) is 0 Å². The fourth-order valence-electron chi connectivity index (χ4n) is 4.90. The van der Waals surface area contributed by atoms with E-state index in [9.17, 15) is 4.79 Å². The highest BCUT2D eigenvalue weighted by atomic mass is 16.1. The summed E-state index contributed by atoms with van der Waals surface area (Å²) in [6.45, 7) is 1.20. The predicted octanol–water partition coefficient (Wildman–Crippen LogP) is 1.77. The van der Waals surface area contributed by atoms with Gasteiger partial charge in [-0.15, -0.1) is 0 Å². The Morgan fingerprint density at radius 2 is 1.80 bits per heavy atom. The van der Waals surface area contributed by atoms with Gasteiger partial charge in [0.15, 0.2) is 0 Å². The van der Waals surface area contributed by atoms with Gasteiger partial charge in [0.05, 0.1) is 5.54 Å². The van der Waals surface area contributed by atoms with E-state index in [2.05, 4.69) is 4.90 Å². The fraction of sp³-hybridized carbons (Fsp3) is 0.938. The number of piperidine rings is 1. The molecule has 4 N–H and O–H groups in total. The number of hydrogen-bond acceptors (Lipinski definition) is 3. The number of fused-ring (bicyclic) bond motifs is 1. The molecule has 0 spiro atoms. The maximum Gasteiger partial charge on any atom is 0.237 e. The average molecular weight is 279 g/mol. The summed E-state index contributed by atoms with van der Waals surface area (Å²) in [5.74, 6) is 0.583. The van der Waals surface area contributed by atoms with Crippen molar-refractivity contribution in [2.45, 2.75) is 81.8 Å². The molecule has 4 unspecified atom stereocenters. The van der Waals surface area contributed by atoms with Gasteiger partial charge in [-0.3, -0.25) is 9.69 Å². The molecule has 3 rings (SSSR count). The largest absolute Gasteiger partial charge is 0.368 e. The number of hydrogen-bond donors (Lipinski definition) is 2. The Morgan fingerprint density at radius 3 is 2.60 bits per heavy atom. The van der Waals surface area contributed by atoms with Crippen LogP contribution in [0, 0.1) is 5.92 Å². The number of primary amides is 1. The Hall–Kier alpha value is -0.610. The van der Waals surface area contributed by atoms with Crippen molar-refractivity contribution in [3.8, 4) is 0 Å². The van der Waals surface area contributed by atoms with Gasteiger partial charge in [-0.1, -0.05) is 12.8 Å². The third kappa shape index (κ3) is 2.60. The lowest BCUT2D eigenvalue weighted by atomic mass is 9.74. The summed E-state index contributed by atoms with van der Waals surface area (Å²) >= 11 is 0. The first kappa shape index (κ1) is 14.3. The molecular formula is C16H29N3O. The van der Waals surface area contributed by atoms with Crippen molar-refractivity contribution in [2.24, 2.45) is 17.4 Å². The lowest BCUT2D eigenvalue weighted by Gasteiger charge is -2.50. The molecule has 2 aliphatic carbocycles. The summed E-state index contributed by atoms with van der Waals surface area (Å²) in [6.07, 6.45) is 12.0. The molecule has 0 aromatic heterocycles. The first-order valence-electron chi connectivity index (χ1n) is 8.45. The monoisotopic (exact) mass is 279 g/mol. The summed E-state index contributed by atoms with van der Waals surface area (Å²) in [6, 6.07) is 1.23. The standard InChI is InChI=1S/C16H29N3O/c17-15(20)16(18)9-3-7-13(11-16)19-10-4-6-12-5-1-2-8-14(12)19/h12-14H,1-11,18H2,(H2,17,20). The Bertz CT molecular complexity index is 371. The molecule has 4 atom stereocenters. The number of nitrogens with two attached hydrogens (primary N) is 2. The van der Waals surface area contributed by atoms with Crippen molar-refractivity contribution in [2.75, 3.05) is 6.54 Å². The van der Waals surface area contributed by atoms with Gasteiger partial charge in [0.25, 0.3) is 0 Å². The predicted molar refractivity (Wildman–Crippen MR) is 80.1 cm³/mol. The van der Waals surface area contributed by atoms with E-state index in [0.717, 1.165) is 31.2 Å². The average Bonchev–Trinajstić information content (AvgIpc) is 2.46. The summed E-state index contributed by atoms with van der Waals surface area (Å²) in [5.41, 5.74) is 11.0. The smallest absolute Gasteiger partial charge is 0.237 e. The molecule has 4 nitrogen and oxygen atoms in total. The van der Waals surface area contributed by atoms with Gasteiger partial charge in [-0.05, 0) is 63.8 Å². The third-order valence-electron chi connectivity index (χ3n) is 6.01. The van der Waals surface area contributed by atoms with Gasteiger partial charge >= 0.3 is 0 Å². The molecule has 3 aliphatic rings. The maximum atomic E-state index is 11.7. The van der Waals surface area contributed by atoms with E-state index < -0.39 is 5.54 Å². The Labute approximate surface area is 122 Å². The van der Waals surface area contributed by atoms with Crippen LogP contribution in [0.25, 0.3) is 0 Å². The van der Waals surface area contributed by atoms with Gasteiger partial charge in [0, 0.05) is 12.1 Å². The quantitative estimate of drug-likeness (QED) is 0.809. The van der Waals surface area contributed by atoms with E-state index in [-0.39, 0.29) is 5.91 Å². The van der Waals surface area contributed by atoms with Gasteiger partial charge in [-0.25, -0.2) is 0 Å². The number of nitrogens with zero attached hydrogens (tertiary/aromatic N) is 1.